The van der Waals surface area contributed by atoms with Gasteiger partial charge in [-0.2, -0.15) is 0 Å². The molecular weight excluding hydrogens is 593 g/mol. The van der Waals surface area contributed by atoms with Crippen LogP contribution in [-0.4, -0.2) is 9.55 Å². The fraction of sp³-hybridized carbons (Fsp3) is 0. The zero-order chi connectivity index (χ0) is 32.3. The molecule has 49 heavy (non-hydrogen) atoms. The van der Waals surface area contributed by atoms with Crippen molar-refractivity contribution < 1.29 is 0 Å². The molecule has 1 heterocycles. The van der Waals surface area contributed by atoms with Gasteiger partial charge in [0.2, 0.25) is 0 Å². The van der Waals surface area contributed by atoms with E-state index in [1.54, 1.807) is 0 Å². The van der Waals surface area contributed by atoms with Gasteiger partial charge in [-0.25, -0.2) is 4.98 Å². The van der Waals surface area contributed by atoms with E-state index in [4.69, 9.17) is 4.98 Å². The molecule has 0 saturated heterocycles. The molecule has 0 saturated carbocycles. The summed E-state index contributed by atoms with van der Waals surface area (Å²) in [5, 5.41) is 10.1. The van der Waals surface area contributed by atoms with E-state index < -0.39 is 0 Å². The minimum absolute atomic E-state index is 0.937. The molecule has 0 aliphatic rings. The third kappa shape index (κ3) is 4.31. The molecule has 2 heteroatoms. The number of benzene rings is 9. The molecule has 10 rings (SSSR count). The lowest BCUT2D eigenvalue weighted by Crippen LogP contribution is -1.98. The van der Waals surface area contributed by atoms with Gasteiger partial charge in [0.25, 0.3) is 0 Å². The summed E-state index contributed by atoms with van der Waals surface area (Å²) >= 11 is 0. The number of hydrogen-bond acceptors (Lipinski definition) is 1. The highest BCUT2D eigenvalue weighted by Crippen LogP contribution is 2.46. The van der Waals surface area contributed by atoms with E-state index in [-0.39, 0.29) is 0 Å². The molecule has 0 bridgehead atoms. The minimum Gasteiger partial charge on any atom is -0.292 e. The fourth-order valence-electron chi connectivity index (χ4n) is 7.86. The molecule has 0 fully saturated rings. The van der Waals surface area contributed by atoms with Crippen molar-refractivity contribution in [2.75, 3.05) is 0 Å². The van der Waals surface area contributed by atoms with Crippen LogP contribution in [0.2, 0.25) is 0 Å². The van der Waals surface area contributed by atoms with E-state index in [9.17, 15) is 0 Å². The molecule has 0 aliphatic carbocycles. The standard InChI is InChI=1S/C47H30N2/c1-2-15-31(16-3-1)47-48-43-27-12-13-28-44(43)49(47)34-19-14-18-33(29-34)45-38-23-8-10-25-40(38)46(41-26-11-9-24-39(41)45)42-30-32-17-4-5-20-35(32)36-21-6-7-22-37(36)42/h1-30H. The van der Waals surface area contributed by atoms with Crippen molar-refractivity contribution in [2.45, 2.75) is 0 Å². The normalized spacial score (nSPS) is 11.7. The van der Waals surface area contributed by atoms with Gasteiger partial charge >= 0.3 is 0 Å². The predicted octanol–water partition coefficient (Wildman–Crippen LogP) is 12.6. The third-order valence-electron chi connectivity index (χ3n) is 9.95. The molecule has 10 aromatic rings. The summed E-state index contributed by atoms with van der Waals surface area (Å²) in [5.74, 6) is 0.937. The van der Waals surface area contributed by atoms with Gasteiger partial charge in [0.1, 0.15) is 5.82 Å². The van der Waals surface area contributed by atoms with Crippen LogP contribution in [-0.2, 0) is 0 Å². The van der Waals surface area contributed by atoms with Gasteiger partial charge in [0, 0.05) is 11.3 Å². The Morgan fingerprint density at radius 3 is 1.65 bits per heavy atom. The molecule has 2 nitrogen and oxygen atoms in total. The molecule has 228 valence electrons. The van der Waals surface area contributed by atoms with E-state index in [2.05, 4.69) is 187 Å². The van der Waals surface area contributed by atoms with Crippen molar-refractivity contribution in [1.82, 2.24) is 9.55 Å². The van der Waals surface area contributed by atoms with Crippen LogP contribution in [0.5, 0.6) is 0 Å². The molecule has 0 atom stereocenters. The van der Waals surface area contributed by atoms with Gasteiger partial charge < -0.3 is 0 Å². The SMILES string of the molecule is c1ccc(-c2nc3ccccc3n2-c2cccc(-c3c4ccccc4c(-c4cc5ccccc5c5ccccc45)c4ccccc34)c2)cc1. The van der Waals surface area contributed by atoms with Crippen LogP contribution >= 0.6 is 0 Å². The first kappa shape index (κ1) is 27.6. The number of aromatic nitrogens is 2. The van der Waals surface area contributed by atoms with Crippen LogP contribution < -0.4 is 0 Å². The van der Waals surface area contributed by atoms with Crippen LogP contribution in [0, 0.1) is 0 Å². The summed E-state index contributed by atoms with van der Waals surface area (Å²) < 4.78 is 2.30. The maximum absolute atomic E-state index is 5.12. The highest BCUT2D eigenvalue weighted by atomic mass is 15.1. The number of rotatable bonds is 4. The Kier molecular flexibility index (Phi) is 6.22. The molecule has 9 aromatic carbocycles. The second-order valence-electron chi connectivity index (χ2n) is 12.7. The monoisotopic (exact) mass is 622 g/mol. The summed E-state index contributed by atoms with van der Waals surface area (Å²) in [6.07, 6.45) is 0. The number of nitrogens with zero attached hydrogens (tertiary/aromatic N) is 2. The summed E-state index contributed by atoms with van der Waals surface area (Å²) in [6.45, 7) is 0. The van der Waals surface area contributed by atoms with Crippen molar-refractivity contribution in [3.05, 3.63) is 182 Å². The number of hydrogen-bond donors (Lipinski definition) is 0. The Hall–Kier alpha value is -6.51. The fourth-order valence-corrected chi connectivity index (χ4v) is 7.86. The Balaban J connectivity index is 1.27. The second kappa shape index (κ2) is 11.0. The zero-order valence-electron chi connectivity index (χ0n) is 26.7. The van der Waals surface area contributed by atoms with Crippen LogP contribution in [0.25, 0.3) is 93.5 Å². The van der Waals surface area contributed by atoms with Crippen molar-refractivity contribution in [3.63, 3.8) is 0 Å². The molecular formula is C47H30N2. The minimum atomic E-state index is 0.937. The first-order chi connectivity index (χ1) is 24.3. The van der Waals surface area contributed by atoms with Gasteiger partial charge in [-0.15, -0.1) is 0 Å². The largest absolute Gasteiger partial charge is 0.292 e. The number of imidazole rings is 1. The lowest BCUT2D eigenvalue weighted by atomic mass is 9.84. The predicted molar refractivity (Wildman–Crippen MR) is 207 cm³/mol. The van der Waals surface area contributed by atoms with E-state index in [1.165, 1.54) is 65.3 Å². The summed E-state index contributed by atoms with van der Waals surface area (Å²) in [4.78, 5) is 5.12. The van der Waals surface area contributed by atoms with E-state index >= 15 is 0 Å². The molecule has 1 aromatic heterocycles. The Bertz CT molecular complexity index is 2820. The first-order valence-corrected chi connectivity index (χ1v) is 16.8. The van der Waals surface area contributed by atoms with Gasteiger partial charge in [-0.05, 0) is 95.7 Å². The van der Waals surface area contributed by atoms with Crippen LogP contribution in [0.4, 0.5) is 0 Å². The number of fused-ring (bicyclic) bond motifs is 6. The van der Waals surface area contributed by atoms with Crippen LogP contribution in [0.3, 0.4) is 0 Å². The molecule has 0 aliphatic heterocycles. The quantitative estimate of drug-likeness (QED) is 0.141. The van der Waals surface area contributed by atoms with Crippen molar-refractivity contribution in [3.8, 4) is 39.3 Å². The van der Waals surface area contributed by atoms with E-state index in [0.717, 1.165) is 28.1 Å². The van der Waals surface area contributed by atoms with Crippen molar-refractivity contribution in [1.29, 1.82) is 0 Å². The lowest BCUT2D eigenvalue weighted by Gasteiger charge is -2.20. The maximum atomic E-state index is 5.12. The van der Waals surface area contributed by atoms with Gasteiger partial charge in [-0.1, -0.05) is 152 Å². The summed E-state index contributed by atoms with van der Waals surface area (Å²) in [5.41, 5.74) is 9.21. The Morgan fingerprint density at radius 2 is 0.918 bits per heavy atom. The van der Waals surface area contributed by atoms with Crippen molar-refractivity contribution >= 4 is 54.1 Å². The van der Waals surface area contributed by atoms with Gasteiger partial charge in [-0.3, -0.25) is 4.57 Å². The maximum Gasteiger partial charge on any atom is 0.145 e. The zero-order valence-corrected chi connectivity index (χ0v) is 26.7. The third-order valence-corrected chi connectivity index (χ3v) is 9.95. The average Bonchev–Trinajstić information content (AvgIpc) is 3.57. The van der Waals surface area contributed by atoms with Crippen LogP contribution in [0.15, 0.2) is 182 Å². The van der Waals surface area contributed by atoms with Crippen molar-refractivity contribution in [2.24, 2.45) is 0 Å². The molecule has 0 radical (unpaired) electrons. The average molecular weight is 623 g/mol. The van der Waals surface area contributed by atoms with Gasteiger partial charge in [0.15, 0.2) is 0 Å². The highest BCUT2D eigenvalue weighted by Gasteiger charge is 2.20. The second-order valence-corrected chi connectivity index (χ2v) is 12.7. The molecule has 0 spiro atoms. The molecule has 0 N–H and O–H groups in total. The Labute approximate surface area is 284 Å². The van der Waals surface area contributed by atoms with Gasteiger partial charge in [0.05, 0.1) is 11.0 Å². The Morgan fingerprint density at radius 1 is 0.367 bits per heavy atom. The molecule has 0 amide bonds. The van der Waals surface area contributed by atoms with E-state index in [1.807, 2.05) is 0 Å². The summed E-state index contributed by atoms with van der Waals surface area (Å²) in [6, 6.07) is 65.7. The number of para-hydroxylation sites is 2. The van der Waals surface area contributed by atoms with Crippen LogP contribution in [0.1, 0.15) is 0 Å². The lowest BCUT2D eigenvalue weighted by molar-refractivity contribution is 1.10. The molecule has 0 unspecified atom stereocenters. The summed E-state index contributed by atoms with van der Waals surface area (Å²) in [7, 11) is 0. The smallest absolute Gasteiger partial charge is 0.145 e. The first-order valence-electron chi connectivity index (χ1n) is 16.8. The highest BCUT2D eigenvalue weighted by molar-refractivity contribution is 6.25. The van der Waals surface area contributed by atoms with E-state index in [0.29, 0.717) is 0 Å². The topological polar surface area (TPSA) is 17.8 Å².